The molecule has 1 aliphatic rings. The standard InChI is InChI=1S/C17H17N5O2/c18-15(23)12-8-4-3-7-11(12)13-14-16(20-9-19-14)22-17(21-13)24-10-5-1-2-6-10/h3-4,7-10H,1-2,5-6H2,(H2,18,23)(H,19,20,21,22). The zero-order valence-electron chi connectivity index (χ0n) is 13.0. The molecule has 2 aromatic heterocycles. The number of nitrogens with two attached hydrogens (primary N) is 1. The molecule has 1 aromatic carbocycles. The number of fused-ring (bicyclic) bond motifs is 1. The second kappa shape index (κ2) is 5.92. The Morgan fingerprint density at radius 3 is 2.79 bits per heavy atom. The lowest BCUT2D eigenvalue weighted by atomic mass is 10.0. The summed E-state index contributed by atoms with van der Waals surface area (Å²) in [5, 5.41) is 0. The van der Waals surface area contributed by atoms with Gasteiger partial charge < -0.3 is 15.5 Å². The number of carbonyl (C=O) groups excluding carboxylic acids is 1. The van der Waals surface area contributed by atoms with E-state index in [1.54, 1.807) is 24.5 Å². The summed E-state index contributed by atoms with van der Waals surface area (Å²) in [5.41, 5.74) is 8.23. The van der Waals surface area contributed by atoms with Gasteiger partial charge in [-0.3, -0.25) is 4.79 Å². The van der Waals surface area contributed by atoms with E-state index in [1.807, 2.05) is 6.07 Å². The van der Waals surface area contributed by atoms with Crippen molar-refractivity contribution < 1.29 is 9.53 Å². The number of hydrogen-bond acceptors (Lipinski definition) is 5. The van der Waals surface area contributed by atoms with E-state index >= 15 is 0 Å². The number of benzene rings is 1. The van der Waals surface area contributed by atoms with Gasteiger partial charge in [-0.2, -0.15) is 9.97 Å². The summed E-state index contributed by atoms with van der Waals surface area (Å²) < 4.78 is 5.93. The number of carbonyl (C=O) groups is 1. The van der Waals surface area contributed by atoms with E-state index in [0.29, 0.717) is 34.0 Å². The fourth-order valence-corrected chi connectivity index (χ4v) is 3.12. The highest BCUT2D eigenvalue weighted by molar-refractivity contribution is 6.02. The summed E-state index contributed by atoms with van der Waals surface area (Å²) in [7, 11) is 0. The number of ether oxygens (including phenoxy) is 1. The largest absolute Gasteiger partial charge is 0.460 e. The smallest absolute Gasteiger partial charge is 0.319 e. The molecule has 0 saturated heterocycles. The lowest BCUT2D eigenvalue weighted by molar-refractivity contribution is 0.100. The van der Waals surface area contributed by atoms with Gasteiger partial charge in [0.05, 0.1) is 6.33 Å². The van der Waals surface area contributed by atoms with Gasteiger partial charge >= 0.3 is 6.01 Å². The highest BCUT2D eigenvalue weighted by Gasteiger charge is 2.21. The molecule has 3 aromatic rings. The normalized spacial score (nSPS) is 15.0. The average Bonchev–Trinajstić information content (AvgIpc) is 3.25. The van der Waals surface area contributed by atoms with Crippen molar-refractivity contribution in [3.05, 3.63) is 36.2 Å². The number of primary amides is 1. The first kappa shape index (κ1) is 14.6. The zero-order valence-corrected chi connectivity index (χ0v) is 13.0. The van der Waals surface area contributed by atoms with Crippen LogP contribution in [0.15, 0.2) is 30.6 Å². The van der Waals surface area contributed by atoms with Crippen molar-refractivity contribution in [2.45, 2.75) is 31.8 Å². The van der Waals surface area contributed by atoms with Crippen molar-refractivity contribution in [1.29, 1.82) is 0 Å². The van der Waals surface area contributed by atoms with Gasteiger partial charge in [0.25, 0.3) is 0 Å². The Balaban J connectivity index is 1.85. The molecule has 1 amide bonds. The molecule has 0 atom stereocenters. The number of imidazole rings is 1. The van der Waals surface area contributed by atoms with E-state index in [9.17, 15) is 4.79 Å². The quantitative estimate of drug-likeness (QED) is 0.767. The van der Waals surface area contributed by atoms with E-state index in [2.05, 4.69) is 19.9 Å². The molecule has 1 saturated carbocycles. The molecule has 2 heterocycles. The highest BCUT2D eigenvalue weighted by Crippen LogP contribution is 2.30. The van der Waals surface area contributed by atoms with E-state index in [0.717, 1.165) is 25.7 Å². The minimum absolute atomic E-state index is 0.143. The Hall–Kier alpha value is -2.96. The van der Waals surface area contributed by atoms with Gasteiger partial charge in [-0.25, -0.2) is 4.98 Å². The van der Waals surface area contributed by atoms with E-state index < -0.39 is 5.91 Å². The molecule has 0 unspecified atom stereocenters. The Bertz CT molecular complexity index is 899. The minimum atomic E-state index is -0.508. The first-order valence-corrected chi connectivity index (χ1v) is 7.99. The third kappa shape index (κ3) is 2.58. The molecule has 0 radical (unpaired) electrons. The molecule has 1 aliphatic carbocycles. The van der Waals surface area contributed by atoms with E-state index in [-0.39, 0.29) is 6.10 Å². The molecular weight excluding hydrogens is 306 g/mol. The monoisotopic (exact) mass is 323 g/mol. The molecule has 122 valence electrons. The molecule has 1 fully saturated rings. The van der Waals surface area contributed by atoms with Crippen LogP contribution in [0.2, 0.25) is 0 Å². The predicted octanol–water partition coefficient (Wildman–Crippen LogP) is 2.44. The van der Waals surface area contributed by atoms with Crippen molar-refractivity contribution in [3.63, 3.8) is 0 Å². The van der Waals surface area contributed by atoms with Gasteiger partial charge in [0.2, 0.25) is 5.91 Å². The number of nitrogens with one attached hydrogen (secondary N) is 1. The Morgan fingerprint density at radius 2 is 2.00 bits per heavy atom. The lowest BCUT2D eigenvalue weighted by Gasteiger charge is -2.13. The first-order chi connectivity index (χ1) is 11.7. The van der Waals surface area contributed by atoms with E-state index in [1.165, 1.54) is 0 Å². The SMILES string of the molecule is NC(=O)c1ccccc1-c1nc(OC2CCCC2)nc2[nH]cnc12. The maximum absolute atomic E-state index is 11.8. The Kier molecular flexibility index (Phi) is 3.60. The van der Waals surface area contributed by atoms with Gasteiger partial charge in [-0.15, -0.1) is 0 Å². The van der Waals surface area contributed by atoms with Crippen molar-refractivity contribution in [1.82, 2.24) is 19.9 Å². The van der Waals surface area contributed by atoms with Crippen LogP contribution >= 0.6 is 0 Å². The van der Waals surface area contributed by atoms with Crippen molar-refractivity contribution >= 4 is 17.1 Å². The highest BCUT2D eigenvalue weighted by atomic mass is 16.5. The topological polar surface area (TPSA) is 107 Å². The molecule has 0 bridgehead atoms. The number of aromatic amines is 1. The van der Waals surface area contributed by atoms with Crippen LogP contribution in [0.3, 0.4) is 0 Å². The number of H-pyrrole nitrogens is 1. The lowest BCUT2D eigenvalue weighted by Crippen LogP contribution is -2.14. The number of amides is 1. The van der Waals surface area contributed by atoms with Gasteiger partial charge in [-0.05, 0) is 31.7 Å². The summed E-state index contributed by atoms with van der Waals surface area (Å²) in [6.07, 6.45) is 6.04. The van der Waals surface area contributed by atoms with Crippen molar-refractivity contribution in [2.75, 3.05) is 0 Å². The molecule has 7 nitrogen and oxygen atoms in total. The number of nitrogens with zero attached hydrogens (tertiary/aromatic N) is 3. The van der Waals surface area contributed by atoms with Gasteiger partial charge in [0.15, 0.2) is 5.65 Å². The Labute approximate surface area is 138 Å². The van der Waals surface area contributed by atoms with Crippen LogP contribution in [0, 0.1) is 0 Å². The van der Waals surface area contributed by atoms with Crippen LogP contribution in [0.4, 0.5) is 0 Å². The molecule has 7 heteroatoms. The fourth-order valence-electron chi connectivity index (χ4n) is 3.12. The van der Waals surface area contributed by atoms with E-state index in [4.69, 9.17) is 10.5 Å². The summed E-state index contributed by atoms with van der Waals surface area (Å²) in [5.74, 6) is -0.508. The molecule has 0 spiro atoms. The summed E-state index contributed by atoms with van der Waals surface area (Å²) in [6.45, 7) is 0. The van der Waals surface area contributed by atoms with Gasteiger partial charge in [0.1, 0.15) is 17.3 Å². The van der Waals surface area contributed by atoms with Gasteiger partial charge in [-0.1, -0.05) is 18.2 Å². The zero-order chi connectivity index (χ0) is 16.5. The van der Waals surface area contributed by atoms with Crippen LogP contribution in [0.5, 0.6) is 6.01 Å². The second-order valence-corrected chi connectivity index (χ2v) is 5.89. The van der Waals surface area contributed by atoms with Crippen LogP contribution in [0.25, 0.3) is 22.4 Å². The third-order valence-electron chi connectivity index (χ3n) is 4.28. The van der Waals surface area contributed by atoms with Crippen LogP contribution in [0.1, 0.15) is 36.0 Å². The summed E-state index contributed by atoms with van der Waals surface area (Å²) in [6, 6.07) is 7.38. The maximum Gasteiger partial charge on any atom is 0.319 e. The molecule has 4 rings (SSSR count). The minimum Gasteiger partial charge on any atom is -0.460 e. The third-order valence-corrected chi connectivity index (χ3v) is 4.28. The summed E-state index contributed by atoms with van der Waals surface area (Å²) >= 11 is 0. The number of rotatable bonds is 4. The number of hydrogen-bond donors (Lipinski definition) is 2. The van der Waals surface area contributed by atoms with Crippen molar-refractivity contribution in [2.24, 2.45) is 5.73 Å². The first-order valence-electron chi connectivity index (χ1n) is 7.99. The molecule has 24 heavy (non-hydrogen) atoms. The average molecular weight is 323 g/mol. The predicted molar refractivity (Wildman–Crippen MR) is 88.5 cm³/mol. The van der Waals surface area contributed by atoms with Crippen LogP contribution < -0.4 is 10.5 Å². The maximum atomic E-state index is 11.8. The number of aromatic nitrogens is 4. The fraction of sp³-hybridized carbons (Fsp3) is 0.294. The van der Waals surface area contributed by atoms with Crippen molar-refractivity contribution in [3.8, 4) is 17.3 Å². The summed E-state index contributed by atoms with van der Waals surface area (Å²) in [4.78, 5) is 27.9. The van der Waals surface area contributed by atoms with Gasteiger partial charge in [0, 0.05) is 11.1 Å². The molecule has 3 N–H and O–H groups in total. The Morgan fingerprint density at radius 1 is 1.21 bits per heavy atom. The molecular formula is C17H17N5O2. The second-order valence-electron chi connectivity index (χ2n) is 5.89. The molecule has 0 aliphatic heterocycles. The van der Waals surface area contributed by atoms with Crippen LogP contribution in [-0.4, -0.2) is 31.9 Å². The van der Waals surface area contributed by atoms with Crippen LogP contribution in [-0.2, 0) is 0 Å².